The molecule has 1 aromatic heterocycles. The molecule has 1 aliphatic rings. The lowest BCUT2D eigenvalue weighted by Gasteiger charge is -2.38. The molecule has 1 N–H and O–H groups in total. The molecule has 0 amide bonds. The SMILES string of the molecule is Cc1ccc(Cl)c(OCC2(O)CCN(Cc3cccc(OCCCn4cc(C)cn4)c3)CC2)c1. The Morgan fingerprint density at radius 1 is 1.06 bits per heavy atom. The number of hydrogen-bond donors (Lipinski definition) is 1. The number of aromatic nitrogens is 2. The van der Waals surface area contributed by atoms with Gasteiger partial charge >= 0.3 is 0 Å². The highest BCUT2D eigenvalue weighted by Gasteiger charge is 2.33. The van der Waals surface area contributed by atoms with Gasteiger partial charge in [-0.2, -0.15) is 5.10 Å². The van der Waals surface area contributed by atoms with Crippen LogP contribution in [0.5, 0.6) is 11.5 Å². The van der Waals surface area contributed by atoms with E-state index in [0.717, 1.165) is 43.9 Å². The Morgan fingerprint density at radius 3 is 2.65 bits per heavy atom. The smallest absolute Gasteiger partial charge is 0.138 e. The number of halogens is 1. The van der Waals surface area contributed by atoms with Crippen LogP contribution >= 0.6 is 11.6 Å². The van der Waals surface area contributed by atoms with E-state index < -0.39 is 5.60 Å². The quantitative estimate of drug-likeness (QED) is 0.410. The average molecular weight is 484 g/mol. The molecule has 6 nitrogen and oxygen atoms in total. The van der Waals surface area contributed by atoms with E-state index in [0.29, 0.717) is 30.2 Å². The lowest BCUT2D eigenvalue weighted by molar-refractivity contribution is -0.0537. The van der Waals surface area contributed by atoms with Crippen LogP contribution in [-0.4, -0.2) is 51.7 Å². The van der Waals surface area contributed by atoms with Crippen molar-refractivity contribution in [1.29, 1.82) is 0 Å². The largest absolute Gasteiger partial charge is 0.494 e. The van der Waals surface area contributed by atoms with Crippen LogP contribution in [0, 0.1) is 13.8 Å². The highest BCUT2D eigenvalue weighted by molar-refractivity contribution is 6.32. The van der Waals surface area contributed by atoms with Gasteiger partial charge in [0.15, 0.2) is 0 Å². The van der Waals surface area contributed by atoms with Gasteiger partial charge < -0.3 is 14.6 Å². The summed E-state index contributed by atoms with van der Waals surface area (Å²) < 4.78 is 13.8. The van der Waals surface area contributed by atoms with Crippen molar-refractivity contribution in [3.8, 4) is 11.5 Å². The van der Waals surface area contributed by atoms with Crippen LogP contribution in [0.4, 0.5) is 0 Å². The predicted octanol–water partition coefficient (Wildman–Crippen LogP) is 5.03. The van der Waals surface area contributed by atoms with Gasteiger partial charge in [0, 0.05) is 38.8 Å². The molecule has 34 heavy (non-hydrogen) atoms. The number of benzene rings is 2. The van der Waals surface area contributed by atoms with Crippen LogP contribution in [0.2, 0.25) is 5.02 Å². The van der Waals surface area contributed by atoms with Crippen LogP contribution in [-0.2, 0) is 13.1 Å². The number of aryl methyl sites for hydroxylation is 3. The molecule has 0 spiro atoms. The van der Waals surface area contributed by atoms with E-state index in [-0.39, 0.29) is 6.61 Å². The molecule has 2 aromatic carbocycles. The second-order valence-corrected chi connectivity index (χ2v) is 9.76. The number of aliphatic hydroxyl groups is 1. The van der Waals surface area contributed by atoms with Crippen molar-refractivity contribution in [2.24, 2.45) is 0 Å². The molecule has 7 heteroatoms. The molecule has 0 radical (unpaired) electrons. The maximum Gasteiger partial charge on any atom is 0.138 e. The fourth-order valence-electron chi connectivity index (χ4n) is 4.20. The summed E-state index contributed by atoms with van der Waals surface area (Å²) in [5.41, 5.74) is 2.64. The van der Waals surface area contributed by atoms with Crippen molar-refractivity contribution < 1.29 is 14.6 Å². The maximum atomic E-state index is 11.0. The summed E-state index contributed by atoms with van der Waals surface area (Å²) in [7, 11) is 0. The van der Waals surface area contributed by atoms with E-state index in [1.54, 1.807) is 0 Å². The zero-order chi connectivity index (χ0) is 24.0. The van der Waals surface area contributed by atoms with E-state index in [4.69, 9.17) is 21.1 Å². The molecule has 0 aliphatic carbocycles. The van der Waals surface area contributed by atoms with Crippen molar-refractivity contribution in [2.75, 3.05) is 26.3 Å². The Hall–Kier alpha value is -2.54. The molecule has 182 valence electrons. The van der Waals surface area contributed by atoms with Gasteiger partial charge in [0.25, 0.3) is 0 Å². The summed E-state index contributed by atoms with van der Waals surface area (Å²) in [5, 5.41) is 15.9. The Morgan fingerprint density at radius 2 is 1.88 bits per heavy atom. The van der Waals surface area contributed by atoms with Crippen LogP contribution in [0.25, 0.3) is 0 Å². The Balaban J connectivity index is 1.21. The van der Waals surface area contributed by atoms with E-state index in [2.05, 4.69) is 22.1 Å². The lowest BCUT2D eigenvalue weighted by Crippen LogP contribution is -2.47. The Kier molecular flexibility index (Phi) is 8.14. The summed E-state index contributed by atoms with van der Waals surface area (Å²) in [5.74, 6) is 1.53. The highest BCUT2D eigenvalue weighted by Crippen LogP contribution is 2.29. The summed E-state index contributed by atoms with van der Waals surface area (Å²) in [6.07, 6.45) is 6.16. The van der Waals surface area contributed by atoms with E-state index >= 15 is 0 Å². The second kappa shape index (κ2) is 11.3. The van der Waals surface area contributed by atoms with Gasteiger partial charge in [0.2, 0.25) is 0 Å². The summed E-state index contributed by atoms with van der Waals surface area (Å²) in [6.45, 7) is 8.28. The molecule has 3 aromatic rings. The molecule has 0 bridgehead atoms. The lowest BCUT2D eigenvalue weighted by atomic mass is 9.92. The van der Waals surface area contributed by atoms with Gasteiger partial charge in [0.05, 0.1) is 17.8 Å². The van der Waals surface area contributed by atoms with Gasteiger partial charge in [-0.3, -0.25) is 9.58 Å². The van der Waals surface area contributed by atoms with Gasteiger partial charge in [0.1, 0.15) is 23.7 Å². The van der Waals surface area contributed by atoms with E-state index in [9.17, 15) is 5.11 Å². The first-order valence-electron chi connectivity index (χ1n) is 11.9. The molecule has 1 fully saturated rings. The van der Waals surface area contributed by atoms with Crippen LogP contribution in [0.15, 0.2) is 54.9 Å². The van der Waals surface area contributed by atoms with Crippen LogP contribution < -0.4 is 9.47 Å². The van der Waals surface area contributed by atoms with Crippen LogP contribution in [0.1, 0.15) is 36.0 Å². The molecule has 4 rings (SSSR count). The average Bonchev–Trinajstić information content (AvgIpc) is 3.24. The van der Waals surface area contributed by atoms with Crippen molar-refractivity contribution >= 4 is 11.6 Å². The third-order valence-corrected chi connectivity index (χ3v) is 6.55. The summed E-state index contributed by atoms with van der Waals surface area (Å²) in [4.78, 5) is 2.37. The van der Waals surface area contributed by atoms with E-state index in [1.807, 2.05) is 61.3 Å². The van der Waals surface area contributed by atoms with Crippen molar-refractivity contribution in [1.82, 2.24) is 14.7 Å². The first-order valence-corrected chi connectivity index (χ1v) is 12.3. The summed E-state index contributed by atoms with van der Waals surface area (Å²) >= 11 is 6.23. The normalized spacial score (nSPS) is 15.9. The molecular formula is C27H34ClN3O3. The van der Waals surface area contributed by atoms with Gasteiger partial charge in [-0.15, -0.1) is 0 Å². The topological polar surface area (TPSA) is 59.8 Å². The predicted molar refractivity (Wildman–Crippen MR) is 135 cm³/mol. The molecule has 1 aliphatic heterocycles. The van der Waals surface area contributed by atoms with Crippen molar-refractivity contribution in [3.05, 3.63) is 76.6 Å². The zero-order valence-electron chi connectivity index (χ0n) is 20.0. The van der Waals surface area contributed by atoms with Crippen molar-refractivity contribution in [2.45, 2.75) is 51.8 Å². The minimum atomic E-state index is -0.832. The number of likely N-dealkylation sites (tertiary alicyclic amines) is 1. The minimum absolute atomic E-state index is 0.255. The molecular weight excluding hydrogens is 450 g/mol. The van der Waals surface area contributed by atoms with Gasteiger partial charge in [-0.05, 0) is 67.6 Å². The summed E-state index contributed by atoms with van der Waals surface area (Å²) in [6, 6.07) is 14.0. The Bertz CT molecular complexity index is 1080. The number of rotatable bonds is 10. The maximum absolute atomic E-state index is 11.0. The van der Waals surface area contributed by atoms with Gasteiger partial charge in [-0.1, -0.05) is 29.8 Å². The molecule has 2 heterocycles. The minimum Gasteiger partial charge on any atom is -0.494 e. The monoisotopic (exact) mass is 483 g/mol. The van der Waals surface area contributed by atoms with Crippen LogP contribution in [0.3, 0.4) is 0 Å². The van der Waals surface area contributed by atoms with E-state index in [1.165, 1.54) is 11.1 Å². The first kappa shape index (κ1) is 24.6. The number of hydrogen-bond acceptors (Lipinski definition) is 5. The third-order valence-electron chi connectivity index (χ3n) is 6.24. The van der Waals surface area contributed by atoms with Gasteiger partial charge in [-0.25, -0.2) is 0 Å². The number of nitrogens with zero attached hydrogens (tertiary/aromatic N) is 3. The number of ether oxygens (including phenoxy) is 2. The van der Waals surface area contributed by atoms with Crippen molar-refractivity contribution in [3.63, 3.8) is 0 Å². The first-order chi connectivity index (χ1) is 16.4. The fraction of sp³-hybridized carbons (Fsp3) is 0.444. The molecule has 0 unspecified atom stereocenters. The third kappa shape index (κ3) is 6.98. The second-order valence-electron chi connectivity index (χ2n) is 9.35. The molecule has 0 saturated carbocycles. The fourth-order valence-corrected chi connectivity index (χ4v) is 4.37. The standard InChI is InChI=1S/C27H34ClN3O3/c1-21-7-8-25(28)26(15-21)34-20-27(32)9-12-30(13-10-27)19-23-5-3-6-24(16-23)33-14-4-11-31-18-22(2)17-29-31/h3,5-8,15-18,32H,4,9-14,19-20H2,1-2H3. The Labute approximate surface area is 207 Å². The highest BCUT2D eigenvalue weighted by atomic mass is 35.5. The molecule has 0 atom stereocenters. The number of piperidine rings is 1. The zero-order valence-corrected chi connectivity index (χ0v) is 20.8. The molecule has 1 saturated heterocycles.